The van der Waals surface area contributed by atoms with Crippen molar-refractivity contribution in [1.29, 1.82) is 0 Å². The smallest absolute Gasteiger partial charge is 0.326 e. The zero-order chi connectivity index (χ0) is 18.4. The van der Waals surface area contributed by atoms with Crippen LogP contribution in [0.1, 0.15) is 6.92 Å². The van der Waals surface area contributed by atoms with Gasteiger partial charge in [0.25, 0.3) is 10.0 Å². The van der Waals surface area contributed by atoms with E-state index >= 15 is 0 Å². The molecule has 2 aromatic rings. The van der Waals surface area contributed by atoms with Gasteiger partial charge in [0.1, 0.15) is 12.3 Å². The molecule has 2 rings (SSSR count). The first kappa shape index (κ1) is 19.1. The largest absolute Gasteiger partial charge is 0.495 e. The van der Waals surface area contributed by atoms with Crippen LogP contribution in [0.4, 0.5) is 5.69 Å². The number of ether oxygens (including phenoxy) is 2. The fourth-order valence-electron chi connectivity index (χ4n) is 2.17. The minimum absolute atomic E-state index is 0.0496. The van der Waals surface area contributed by atoms with Gasteiger partial charge in [-0.1, -0.05) is 29.8 Å². The van der Waals surface area contributed by atoms with Crippen LogP contribution in [-0.2, 0) is 19.6 Å². The van der Waals surface area contributed by atoms with Crippen LogP contribution >= 0.6 is 11.6 Å². The third kappa shape index (κ3) is 4.43. The Bertz CT molecular complexity index is 839. The van der Waals surface area contributed by atoms with E-state index in [2.05, 4.69) is 0 Å². The molecule has 2 aromatic carbocycles. The maximum Gasteiger partial charge on any atom is 0.326 e. The number of nitrogens with zero attached hydrogens (tertiary/aromatic N) is 1. The Kier molecular flexibility index (Phi) is 6.27. The van der Waals surface area contributed by atoms with Crippen molar-refractivity contribution in [2.45, 2.75) is 11.8 Å². The maximum absolute atomic E-state index is 13.0. The van der Waals surface area contributed by atoms with Crippen molar-refractivity contribution in [1.82, 2.24) is 0 Å². The fraction of sp³-hybridized carbons (Fsp3) is 0.235. The number of methoxy groups -OCH3 is 1. The van der Waals surface area contributed by atoms with Crippen LogP contribution in [0.5, 0.6) is 5.75 Å². The molecule has 6 nitrogen and oxygen atoms in total. The van der Waals surface area contributed by atoms with Crippen LogP contribution in [-0.4, -0.2) is 34.6 Å². The van der Waals surface area contributed by atoms with Gasteiger partial charge in [-0.05, 0) is 37.3 Å². The van der Waals surface area contributed by atoms with Crippen molar-refractivity contribution in [3.8, 4) is 5.75 Å². The van der Waals surface area contributed by atoms with Gasteiger partial charge in [-0.15, -0.1) is 0 Å². The van der Waals surface area contributed by atoms with Crippen LogP contribution in [0.15, 0.2) is 53.4 Å². The number of esters is 1. The second kappa shape index (κ2) is 8.22. The van der Waals surface area contributed by atoms with E-state index in [0.29, 0.717) is 11.4 Å². The van der Waals surface area contributed by atoms with Crippen LogP contribution in [0.2, 0.25) is 5.02 Å². The van der Waals surface area contributed by atoms with Gasteiger partial charge in [0.05, 0.1) is 29.3 Å². The highest BCUT2D eigenvalue weighted by Crippen LogP contribution is 2.30. The van der Waals surface area contributed by atoms with Crippen molar-refractivity contribution in [3.63, 3.8) is 0 Å². The zero-order valence-corrected chi connectivity index (χ0v) is 15.4. The lowest BCUT2D eigenvalue weighted by Crippen LogP contribution is -2.36. The molecule has 0 N–H and O–H groups in total. The molecule has 8 heteroatoms. The summed E-state index contributed by atoms with van der Waals surface area (Å²) in [5.41, 5.74) is 0.350. The number of hydrogen-bond donors (Lipinski definition) is 0. The first-order chi connectivity index (χ1) is 11.9. The summed E-state index contributed by atoms with van der Waals surface area (Å²) in [4.78, 5) is 11.8. The molecule has 0 radical (unpaired) electrons. The Morgan fingerprint density at radius 1 is 1.16 bits per heavy atom. The number of benzene rings is 2. The second-order valence-corrected chi connectivity index (χ2v) is 7.22. The first-order valence-electron chi connectivity index (χ1n) is 7.47. The van der Waals surface area contributed by atoms with Gasteiger partial charge >= 0.3 is 5.97 Å². The van der Waals surface area contributed by atoms with Gasteiger partial charge in [0, 0.05) is 0 Å². The van der Waals surface area contributed by atoms with Crippen molar-refractivity contribution < 1.29 is 22.7 Å². The van der Waals surface area contributed by atoms with E-state index in [9.17, 15) is 13.2 Å². The van der Waals surface area contributed by atoms with E-state index in [1.807, 2.05) is 0 Å². The number of hydrogen-bond acceptors (Lipinski definition) is 5. The molecule has 0 atom stereocenters. The van der Waals surface area contributed by atoms with Crippen molar-refractivity contribution in [2.75, 3.05) is 24.6 Å². The summed E-state index contributed by atoms with van der Waals surface area (Å²) >= 11 is 6.04. The molecule has 25 heavy (non-hydrogen) atoms. The van der Waals surface area contributed by atoms with Crippen molar-refractivity contribution >= 4 is 33.3 Å². The highest BCUT2D eigenvalue weighted by Gasteiger charge is 2.28. The van der Waals surface area contributed by atoms with Gasteiger partial charge in [-0.25, -0.2) is 8.42 Å². The number of halogens is 1. The minimum Gasteiger partial charge on any atom is -0.495 e. The Hall–Kier alpha value is -2.25. The number of anilines is 1. The van der Waals surface area contributed by atoms with Crippen LogP contribution in [0.3, 0.4) is 0 Å². The summed E-state index contributed by atoms with van der Waals surface area (Å²) in [6.45, 7) is 1.38. The summed E-state index contributed by atoms with van der Waals surface area (Å²) in [6, 6.07) is 12.4. The molecule has 0 saturated heterocycles. The number of carbonyl (C=O) groups is 1. The number of carbonyl (C=O) groups excluding carboxylic acids is 1. The minimum atomic E-state index is -4.02. The monoisotopic (exact) mass is 383 g/mol. The molecule has 0 heterocycles. The molecule has 0 aliphatic carbocycles. The Labute approximate surface area is 152 Å². The molecule has 0 unspecified atom stereocenters. The summed E-state index contributed by atoms with van der Waals surface area (Å²) in [6.07, 6.45) is 0. The highest BCUT2D eigenvalue weighted by molar-refractivity contribution is 7.92. The average molecular weight is 384 g/mol. The van der Waals surface area contributed by atoms with Crippen LogP contribution in [0, 0.1) is 0 Å². The Balaban J connectivity index is 2.47. The summed E-state index contributed by atoms with van der Waals surface area (Å²) in [5, 5.41) is 0.160. The van der Waals surface area contributed by atoms with E-state index in [0.717, 1.165) is 4.31 Å². The molecule has 134 valence electrons. The highest BCUT2D eigenvalue weighted by atomic mass is 35.5. The SMILES string of the molecule is CCOC(=O)CN(c1ccccc1)S(=O)(=O)c1ccc(OC)c(Cl)c1. The van der Waals surface area contributed by atoms with Crippen LogP contribution < -0.4 is 9.04 Å². The molecule has 0 bridgehead atoms. The molecule has 0 aliphatic rings. The quantitative estimate of drug-likeness (QED) is 0.687. The van der Waals surface area contributed by atoms with Gasteiger partial charge in [0.2, 0.25) is 0 Å². The zero-order valence-electron chi connectivity index (χ0n) is 13.8. The van der Waals surface area contributed by atoms with Crippen molar-refractivity contribution in [2.24, 2.45) is 0 Å². The molecular weight excluding hydrogens is 366 g/mol. The second-order valence-electron chi connectivity index (χ2n) is 4.95. The standard InChI is InChI=1S/C17H18ClNO5S/c1-3-24-17(20)12-19(13-7-5-4-6-8-13)25(21,22)14-9-10-16(23-2)15(18)11-14/h4-11H,3,12H2,1-2H3. The molecule has 0 saturated carbocycles. The van der Waals surface area contributed by atoms with Crippen molar-refractivity contribution in [3.05, 3.63) is 53.6 Å². The number of sulfonamides is 1. The lowest BCUT2D eigenvalue weighted by Gasteiger charge is -2.23. The molecule has 0 fully saturated rings. The molecular formula is C17H18ClNO5S. The molecule has 0 aliphatic heterocycles. The van der Waals surface area contributed by atoms with E-state index in [-0.39, 0.29) is 16.5 Å². The van der Waals surface area contributed by atoms with Gasteiger partial charge in [0.15, 0.2) is 0 Å². The maximum atomic E-state index is 13.0. The molecule has 0 aromatic heterocycles. The predicted molar refractivity (Wildman–Crippen MR) is 95.6 cm³/mol. The molecule has 0 spiro atoms. The summed E-state index contributed by atoms with van der Waals surface area (Å²) in [5.74, 6) is -0.285. The summed E-state index contributed by atoms with van der Waals surface area (Å²) in [7, 11) is -2.59. The normalized spacial score (nSPS) is 11.0. The van der Waals surface area contributed by atoms with E-state index in [1.165, 1.54) is 25.3 Å². The lowest BCUT2D eigenvalue weighted by molar-refractivity contribution is -0.141. The van der Waals surface area contributed by atoms with Crippen LogP contribution in [0.25, 0.3) is 0 Å². The topological polar surface area (TPSA) is 72.9 Å². The first-order valence-corrected chi connectivity index (χ1v) is 9.29. The van der Waals surface area contributed by atoms with E-state index < -0.39 is 22.5 Å². The van der Waals surface area contributed by atoms with Gasteiger partial charge < -0.3 is 9.47 Å². The number of rotatable bonds is 7. The third-order valence-electron chi connectivity index (χ3n) is 3.33. The fourth-order valence-corrected chi connectivity index (χ4v) is 3.93. The molecule has 0 amide bonds. The predicted octanol–water partition coefficient (Wildman–Crippen LogP) is 3.11. The van der Waals surface area contributed by atoms with E-state index in [4.69, 9.17) is 21.1 Å². The van der Waals surface area contributed by atoms with E-state index in [1.54, 1.807) is 37.3 Å². The van der Waals surface area contributed by atoms with Gasteiger partial charge in [-0.3, -0.25) is 9.10 Å². The number of para-hydroxylation sites is 1. The lowest BCUT2D eigenvalue weighted by atomic mass is 10.3. The van der Waals surface area contributed by atoms with Gasteiger partial charge in [-0.2, -0.15) is 0 Å². The summed E-state index contributed by atoms with van der Waals surface area (Å²) < 4.78 is 37.0. The third-order valence-corrected chi connectivity index (χ3v) is 5.40. The average Bonchev–Trinajstić information content (AvgIpc) is 2.60. The Morgan fingerprint density at radius 3 is 2.40 bits per heavy atom. The Morgan fingerprint density at radius 2 is 1.84 bits per heavy atom.